The summed E-state index contributed by atoms with van der Waals surface area (Å²) >= 11 is 5.72. The lowest BCUT2D eigenvalue weighted by molar-refractivity contribution is -0.129. The molecular weight excluding hydrogens is 557 g/mol. The van der Waals surface area contributed by atoms with E-state index in [4.69, 9.17) is 4.74 Å². The molecule has 4 nitrogen and oxygen atoms in total. The van der Waals surface area contributed by atoms with Crippen molar-refractivity contribution in [3.05, 3.63) is 66.3 Å². The Bertz CT molecular complexity index is 1050. The summed E-state index contributed by atoms with van der Waals surface area (Å²) in [5.41, 5.74) is 2.94. The van der Waals surface area contributed by atoms with E-state index in [9.17, 15) is 9.90 Å². The maximum atomic E-state index is 12.5. The van der Waals surface area contributed by atoms with Crippen molar-refractivity contribution >= 4 is 56.5 Å². The Labute approximate surface area is 199 Å². The number of carbonyl (C=O) groups excluding carboxylic acids is 1. The Morgan fingerprint density at radius 3 is 2.10 bits per heavy atom. The van der Waals surface area contributed by atoms with Crippen molar-refractivity contribution < 1.29 is 14.6 Å². The van der Waals surface area contributed by atoms with E-state index in [1.54, 1.807) is 6.08 Å². The molecule has 158 valence electrons. The largest absolute Gasteiger partial charge is 0.507 e. The van der Waals surface area contributed by atoms with Crippen LogP contribution in [0.1, 0.15) is 63.8 Å². The normalized spacial score (nSPS) is 16.1. The monoisotopic (exact) mass is 581 g/mol. The van der Waals surface area contributed by atoms with Gasteiger partial charge in [0.2, 0.25) is 5.90 Å². The van der Waals surface area contributed by atoms with E-state index < -0.39 is 5.97 Å². The van der Waals surface area contributed by atoms with Gasteiger partial charge in [-0.25, -0.2) is 9.79 Å². The van der Waals surface area contributed by atoms with E-state index in [1.165, 1.54) is 0 Å². The molecule has 6 heteroatoms. The Balaban J connectivity index is 2.10. The summed E-state index contributed by atoms with van der Waals surface area (Å²) in [5, 5.41) is 10.9. The average Bonchev–Trinajstić information content (AvgIpc) is 2.97. The molecule has 0 fully saturated rings. The first-order valence-electron chi connectivity index (χ1n) is 9.63. The molecule has 1 aliphatic heterocycles. The molecule has 1 heterocycles. The molecular formula is C24H25BrINO3. The van der Waals surface area contributed by atoms with Crippen LogP contribution >= 0.6 is 38.5 Å². The first-order chi connectivity index (χ1) is 13.8. The zero-order chi connectivity index (χ0) is 22.4. The van der Waals surface area contributed by atoms with Gasteiger partial charge in [-0.05, 0) is 91.3 Å². The SMILES string of the molecule is CC(C)(C)c1cc(/C=C2\N=C(c3ccc(I)c(Br)c3)OC2=O)cc(C(C)(C)C)c1O. The first kappa shape index (κ1) is 23.0. The summed E-state index contributed by atoms with van der Waals surface area (Å²) in [4.78, 5) is 16.9. The molecule has 0 bridgehead atoms. The van der Waals surface area contributed by atoms with Crippen molar-refractivity contribution in [2.45, 2.75) is 52.4 Å². The number of hydrogen-bond donors (Lipinski definition) is 1. The standard InChI is InChI=1S/C24H25BrINO3/c1-23(2,3)15-9-13(10-16(20(15)28)24(4,5)6)11-19-22(29)30-21(27-19)14-7-8-18(26)17(25)12-14/h7-12,28H,1-6H3/b19-11-. The number of ether oxygens (including phenoxy) is 1. The summed E-state index contributed by atoms with van der Waals surface area (Å²) < 4.78 is 7.39. The fourth-order valence-corrected chi connectivity index (χ4v) is 3.92. The quantitative estimate of drug-likeness (QED) is 0.244. The Morgan fingerprint density at radius 2 is 1.60 bits per heavy atom. The minimum atomic E-state index is -0.484. The number of aromatic hydroxyl groups is 1. The van der Waals surface area contributed by atoms with Gasteiger partial charge in [-0.15, -0.1) is 0 Å². The van der Waals surface area contributed by atoms with Gasteiger partial charge < -0.3 is 9.84 Å². The van der Waals surface area contributed by atoms with Crippen molar-refractivity contribution in [2.24, 2.45) is 4.99 Å². The molecule has 3 rings (SSSR count). The number of esters is 1. The summed E-state index contributed by atoms with van der Waals surface area (Å²) in [7, 11) is 0. The Hall–Kier alpha value is -1.67. The predicted molar refractivity (Wildman–Crippen MR) is 133 cm³/mol. The zero-order valence-corrected chi connectivity index (χ0v) is 21.7. The maximum Gasteiger partial charge on any atom is 0.363 e. The lowest BCUT2D eigenvalue weighted by Gasteiger charge is -2.27. The van der Waals surface area contributed by atoms with Gasteiger partial charge in [0.1, 0.15) is 5.75 Å². The van der Waals surface area contributed by atoms with Crippen LogP contribution in [-0.2, 0) is 20.4 Å². The van der Waals surface area contributed by atoms with E-state index in [0.29, 0.717) is 5.75 Å². The van der Waals surface area contributed by atoms with E-state index in [2.05, 4.69) is 85.1 Å². The highest BCUT2D eigenvalue weighted by Crippen LogP contribution is 2.40. The van der Waals surface area contributed by atoms with Crippen LogP contribution in [0.4, 0.5) is 0 Å². The summed E-state index contributed by atoms with van der Waals surface area (Å²) in [6.07, 6.45) is 1.72. The van der Waals surface area contributed by atoms with Crippen LogP contribution in [0.2, 0.25) is 0 Å². The smallest absolute Gasteiger partial charge is 0.363 e. The van der Waals surface area contributed by atoms with Crippen molar-refractivity contribution in [1.82, 2.24) is 0 Å². The van der Waals surface area contributed by atoms with Crippen LogP contribution < -0.4 is 0 Å². The van der Waals surface area contributed by atoms with E-state index in [-0.39, 0.29) is 22.4 Å². The number of phenols is 1. The second kappa shape index (κ2) is 8.11. The molecule has 0 saturated carbocycles. The molecule has 0 spiro atoms. The molecule has 0 unspecified atom stereocenters. The third-order valence-corrected chi connectivity index (χ3v) is 7.18. The van der Waals surface area contributed by atoms with Crippen molar-refractivity contribution in [3.8, 4) is 5.75 Å². The van der Waals surface area contributed by atoms with E-state index >= 15 is 0 Å². The highest BCUT2D eigenvalue weighted by Gasteiger charge is 2.28. The van der Waals surface area contributed by atoms with Gasteiger partial charge in [-0.3, -0.25) is 0 Å². The third-order valence-electron chi connectivity index (χ3n) is 4.84. The fraction of sp³-hybridized carbons (Fsp3) is 0.333. The number of aliphatic imine (C=N–C) groups is 1. The molecule has 0 amide bonds. The summed E-state index contributed by atoms with van der Waals surface area (Å²) in [6, 6.07) is 9.52. The highest BCUT2D eigenvalue weighted by molar-refractivity contribution is 14.1. The third kappa shape index (κ3) is 4.80. The van der Waals surface area contributed by atoms with Gasteiger partial charge in [0.25, 0.3) is 0 Å². The number of phenolic OH excluding ortho intramolecular Hbond substituents is 1. The van der Waals surface area contributed by atoms with Crippen LogP contribution in [0.15, 0.2) is 45.5 Å². The van der Waals surface area contributed by atoms with Crippen molar-refractivity contribution in [1.29, 1.82) is 0 Å². The van der Waals surface area contributed by atoms with Crippen molar-refractivity contribution in [2.75, 3.05) is 0 Å². The molecule has 2 aromatic rings. The van der Waals surface area contributed by atoms with Crippen LogP contribution in [0.5, 0.6) is 5.75 Å². The van der Waals surface area contributed by atoms with Crippen LogP contribution in [0, 0.1) is 3.57 Å². The first-order valence-corrected chi connectivity index (χ1v) is 11.5. The fourth-order valence-electron chi connectivity index (χ4n) is 3.20. The molecule has 0 atom stereocenters. The highest BCUT2D eigenvalue weighted by atomic mass is 127. The number of hydrogen-bond acceptors (Lipinski definition) is 4. The van der Waals surface area contributed by atoms with Gasteiger partial charge in [-0.1, -0.05) is 41.5 Å². The topological polar surface area (TPSA) is 58.9 Å². The molecule has 30 heavy (non-hydrogen) atoms. The number of halogens is 2. The minimum absolute atomic E-state index is 0.241. The molecule has 2 aromatic carbocycles. The van der Waals surface area contributed by atoms with Crippen LogP contribution in [-0.4, -0.2) is 17.0 Å². The number of cyclic esters (lactones) is 1. The van der Waals surface area contributed by atoms with Crippen molar-refractivity contribution in [3.63, 3.8) is 0 Å². The molecule has 0 aliphatic carbocycles. The van der Waals surface area contributed by atoms with Gasteiger partial charge in [-0.2, -0.15) is 0 Å². The van der Waals surface area contributed by atoms with Gasteiger partial charge >= 0.3 is 5.97 Å². The number of benzene rings is 2. The maximum absolute atomic E-state index is 12.5. The van der Waals surface area contributed by atoms with E-state index in [0.717, 1.165) is 30.3 Å². The number of nitrogens with zero attached hydrogens (tertiary/aromatic N) is 1. The molecule has 1 N–H and O–H groups in total. The number of carbonyl (C=O) groups is 1. The molecule has 0 radical (unpaired) electrons. The molecule has 0 aromatic heterocycles. The predicted octanol–water partition coefficient (Wildman–Crippen LogP) is 6.70. The molecule has 0 saturated heterocycles. The lowest BCUT2D eigenvalue weighted by Crippen LogP contribution is -2.17. The summed E-state index contributed by atoms with van der Waals surface area (Å²) in [5.74, 6) is 0.107. The zero-order valence-electron chi connectivity index (χ0n) is 17.9. The van der Waals surface area contributed by atoms with Gasteiger partial charge in [0.15, 0.2) is 5.70 Å². The summed E-state index contributed by atoms with van der Waals surface area (Å²) in [6.45, 7) is 12.3. The Morgan fingerprint density at radius 1 is 1.03 bits per heavy atom. The van der Waals surface area contributed by atoms with E-state index in [1.807, 2.05) is 30.3 Å². The molecule has 1 aliphatic rings. The Kier molecular flexibility index (Phi) is 6.22. The van der Waals surface area contributed by atoms with Gasteiger partial charge in [0.05, 0.1) is 0 Å². The van der Waals surface area contributed by atoms with Crippen LogP contribution in [0.25, 0.3) is 6.08 Å². The average molecular weight is 582 g/mol. The van der Waals surface area contributed by atoms with Crippen LogP contribution in [0.3, 0.4) is 0 Å². The van der Waals surface area contributed by atoms with Gasteiger partial charge in [0, 0.05) is 24.7 Å². The second-order valence-electron chi connectivity index (χ2n) is 9.43. The lowest BCUT2D eigenvalue weighted by atomic mass is 9.78. The number of rotatable bonds is 2. The minimum Gasteiger partial charge on any atom is -0.507 e. The second-order valence-corrected chi connectivity index (χ2v) is 11.4.